The first-order valence-corrected chi connectivity index (χ1v) is 9.56. The summed E-state index contributed by atoms with van der Waals surface area (Å²) >= 11 is 0. The highest BCUT2D eigenvalue weighted by atomic mass is 19.4. The highest BCUT2D eigenvalue weighted by molar-refractivity contribution is 5.87. The molecule has 4 rings (SSSR count). The zero-order valence-electron chi connectivity index (χ0n) is 16.8. The van der Waals surface area contributed by atoms with Crippen LogP contribution >= 0.6 is 0 Å². The summed E-state index contributed by atoms with van der Waals surface area (Å²) in [4.78, 5) is 10.4. The number of pyridine rings is 1. The van der Waals surface area contributed by atoms with E-state index in [1.807, 2.05) is 0 Å². The second-order valence-corrected chi connectivity index (χ2v) is 7.87. The molecule has 170 valence electrons. The van der Waals surface area contributed by atoms with Gasteiger partial charge in [-0.05, 0) is 23.8 Å². The Bertz CT molecular complexity index is 1170. The number of ether oxygens (including phenoxy) is 2. The fraction of sp³-hybridized carbons (Fsp3) is 0.333. The second kappa shape index (κ2) is 8.05. The number of aromatic amines is 1. The summed E-state index contributed by atoms with van der Waals surface area (Å²) in [5.41, 5.74) is -1.50. The number of aliphatic imine (C=N–C) groups is 1. The van der Waals surface area contributed by atoms with Crippen molar-refractivity contribution in [3.63, 3.8) is 0 Å². The lowest BCUT2D eigenvalue weighted by atomic mass is 9.92. The van der Waals surface area contributed by atoms with Crippen LogP contribution in [0.2, 0.25) is 0 Å². The molecule has 0 radical (unpaired) electrons. The molecule has 6 nitrogen and oxygen atoms in total. The van der Waals surface area contributed by atoms with Crippen molar-refractivity contribution in [2.24, 2.45) is 10.4 Å². The van der Waals surface area contributed by atoms with E-state index >= 15 is 0 Å². The Morgan fingerprint density at radius 1 is 1.25 bits per heavy atom. The number of hydrogen-bond donors (Lipinski definition) is 2. The van der Waals surface area contributed by atoms with E-state index < -0.39 is 45.7 Å². The molecule has 0 spiro atoms. The normalized spacial score (nSPS) is 19.0. The Morgan fingerprint density at radius 3 is 2.56 bits per heavy atom. The molecule has 1 atom stereocenters. The summed E-state index contributed by atoms with van der Waals surface area (Å²) in [5.74, 6) is -3.15. The van der Waals surface area contributed by atoms with Crippen LogP contribution in [0.4, 0.5) is 22.0 Å². The molecule has 2 aromatic heterocycles. The van der Waals surface area contributed by atoms with Gasteiger partial charge in [-0.2, -0.15) is 13.2 Å². The van der Waals surface area contributed by atoms with Crippen LogP contribution in [-0.4, -0.2) is 40.7 Å². The van der Waals surface area contributed by atoms with Gasteiger partial charge in [-0.1, -0.05) is 6.92 Å². The molecule has 2 N–H and O–H groups in total. The first-order valence-electron chi connectivity index (χ1n) is 9.56. The van der Waals surface area contributed by atoms with Crippen molar-refractivity contribution in [1.82, 2.24) is 9.97 Å². The van der Waals surface area contributed by atoms with Crippen LogP contribution in [0, 0.1) is 17.0 Å². The Balaban J connectivity index is 1.61. The number of benzene rings is 1. The quantitative estimate of drug-likeness (QED) is 0.551. The number of nitrogens with zero attached hydrogens (tertiary/aromatic N) is 2. The van der Waals surface area contributed by atoms with E-state index in [4.69, 9.17) is 9.47 Å². The monoisotopic (exact) mass is 455 g/mol. The van der Waals surface area contributed by atoms with Crippen molar-refractivity contribution < 1.29 is 36.5 Å². The van der Waals surface area contributed by atoms with E-state index in [0.717, 1.165) is 24.4 Å². The minimum absolute atomic E-state index is 0.00512. The lowest BCUT2D eigenvalue weighted by Gasteiger charge is -2.30. The topological polar surface area (TPSA) is 79.7 Å². The van der Waals surface area contributed by atoms with Crippen LogP contribution in [-0.2, 0) is 17.3 Å². The maximum Gasteiger partial charge on any atom is 0.418 e. The number of rotatable bonds is 5. The summed E-state index contributed by atoms with van der Waals surface area (Å²) in [6.45, 7) is 2.20. The first-order chi connectivity index (χ1) is 15.1. The molecule has 0 saturated carbocycles. The van der Waals surface area contributed by atoms with Crippen LogP contribution in [0.3, 0.4) is 0 Å². The summed E-state index contributed by atoms with van der Waals surface area (Å²) in [6, 6.07) is 3.11. The third-order valence-corrected chi connectivity index (χ3v) is 5.07. The molecule has 0 aliphatic carbocycles. The summed E-state index contributed by atoms with van der Waals surface area (Å²) in [6.07, 6.45) is -2.83. The number of halogens is 5. The molecule has 1 aliphatic rings. The number of nitrogens with one attached hydrogen (secondary N) is 1. The molecular formula is C21H18F5N3O3. The number of fused-ring (bicyclic) bond motifs is 1. The first kappa shape index (κ1) is 22.0. The average molecular weight is 455 g/mol. The van der Waals surface area contributed by atoms with E-state index in [2.05, 4.69) is 15.0 Å². The molecule has 1 aromatic carbocycles. The van der Waals surface area contributed by atoms with Gasteiger partial charge in [0.1, 0.15) is 11.4 Å². The molecule has 1 aliphatic heterocycles. The Hall–Kier alpha value is -3.21. The van der Waals surface area contributed by atoms with Crippen LogP contribution in [0.5, 0.6) is 11.5 Å². The summed E-state index contributed by atoms with van der Waals surface area (Å²) in [5, 5.41) is 8.90. The number of hydrogen-bond acceptors (Lipinski definition) is 5. The minimum Gasteiger partial charge on any atom is -0.480 e. The number of alkyl halides is 3. The maximum absolute atomic E-state index is 14.7. The average Bonchev–Trinajstić information content (AvgIpc) is 3.18. The van der Waals surface area contributed by atoms with Crippen molar-refractivity contribution in [2.75, 3.05) is 19.8 Å². The van der Waals surface area contributed by atoms with Gasteiger partial charge < -0.3 is 19.6 Å². The second-order valence-electron chi connectivity index (χ2n) is 7.87. The Labute approximate surface area is 178 Å². The molecule has 3 heterocycles. The van der Waals surface area contributed by atoms with Crippen molar-refractivity contribution in [1.29, 1.82) is 0 Å². The fourth-order valence-corrected chi connectivity index (χ4v) is 3.26. The van der Waals surface area contributed by atoms with Gasteiger partial charge >= 0.3 is 6.18 Å². The highest BCUT2D eigenvalue weighted by Gasteiger charge is 2.35. The third kappa shape index (κ3) is 4.24. The van der Waals surface area contributed by atoms with Gasteiger partial charge in [0.15, 0.2) is 23.3 Å². The van der Waals surface area contributed by atoms with E-state index in [1.165, 1.54) is 0 Å². The van der Waals surface area contributed by atoms with Gasteiger partial charge in [0.05, 0.1) is 30.7 Å². The molecular weight excluding hydrogens is 437 g/mol. The minimum atomic E-state index is -4.72. The predicted molar refractivity (Wildman–Crippen MR) is 105 cm³/mol. The van der Waals surface area contributed by atoms with Crippen LogP contribution in [0.15, 0.2) is 35.6 Å². The van der Waals surface area contributed by atoms with Gasteiger partial charge in [0, 0.05) is 24.2 Å². The maximum atomic E-state index is 14.7. The highest BCUT2D eigenvalue weighted by Crippen LogP contribution is 2.40. The molecule has 0 bridgehead atoms. The van der Waals surface area contributed by atoms with Gasteiger partial charge in [0.25, 0.3) is 0 Å². The third-order valence-electron chi connectivity index (χ3n) is 5.07. The van der Waals surface area contributed by atoms with Crippen molar-refractivity contribution >= 4 is 16.9 Å². The van der Waals surface area contributed by atoms with Gasteiger partial charge in [-0.25, -0.2) is 13.8 Å². The van der Waals surface area contributed by atoms with E-state index in [0.29, 0.717) is 12.7 Å². The van der Waals surface area contributed by atoms with E-state index in [1.54, 1.807) is 6.92 Å². The SMILES string of the molecule is CC1(CO)CN=C(Cc2cc(F)c(Oc3ccnc4[nH]cc(C(F)(F)F)c34)c(F)c2)OC1. The van der Waals surface area contributed by atoms with Crippen LogP contribution in [0.1, 0.15) is 18.1 Å². The van der Waals surface area contributed by atoms with Crippen molar-refractivity contribution in [2.45, 2.75) is 19.5 Å². The lowest BCUT2D eigenvalue weighted by molar-refractivity contribution is -0.136. The molecule has 0 saturated heterocycles. The number of aliphatic hydroxyl groups excluding tert-OH is 1. The van der Waals surface area contributed by atoms with Crippen LogP contribution in [0.25, 0.3) is 11.0 Å². The number of aromatic nitrogens is 2. The number of aliphatic hydroxyl groups is 1. The van der Waals surface area contributed by atoms with Gasteiger partial charge in [-0.15, -0.1) is 0 Å². The zero-order chi connectivity index (χ0) is 23.1. The smallest absolute Gasteiger partial charge is 0.418 e. The molecule has 0 amide bonds. The lowest BCUT2D eigenvalue weighted by Crippen LogP contribution is -2.36. The largest absolute Gasteiger partial charge is 0.480 e. The van der Waals surface area contributed by atoms with Gasteiger partial charge in [0.2, 0.25) is 0 Å². The molecule has 0 fully saturated rings. The van der Waals surface area contributed by atoms with Crippen molar-refractivity contribution in [3.8, 4) is 11.5 Å². The number of H-pyrrole nitrogens is 1. The predicted octanol–water partition coefficient (Wildman–Crippen LogP) is 4.62. The summed E-state index contributed by atoms with van der Waals surface area (Å²) in [7, 11) is 0. The Morgan fingerprint density at radius 2 is 1.97 bits per heavy atom. The Kier molecular flexibility index (Phi) is 5.53. The van der Waals surface area contributed by atoms with Crippen molar-refractivity contribution in [3.05, 3.63) is 53.4 Å². The van der Waals surface area contributed by atoms with E-state index in [-0.39, 0.29) is 36.7 Å². The fourth-order valence-electron chi connectivity index (χ4n) is 3.26. The van der Waals surface area contributed by atoms with Gasteiger partial charge in [-0.3, -0.25) is 4.99 Å². The zero-order valence-corrected chi connectivity index (χ0v) is 16.8. The van der Waals surface area contributed by atoms with E-state index in [9.17, 15) is 27.1 Å². The molecule has 3 aromatic rings. The summed E-state index contributed by atoms with van der Waals surface area (Å²) < 4.78 is 79.9. The molecule has 11 heteroatoms. The van der Waals surface area contributed by atoms with Crippen LogP contribution < -0.4 is 4.74 Å². The standard InChI is InChI=1S/C21H18F5N3O3/c1-20(9-30)8-29-16(31-10-20)6-11-4-13(22)18(14(23)5-11)32-15-2-3-27-19-17(15)12(7-28-19)21(24,25)26/h2-5,7,30H,6,8-10H2,1H3,(H,27,28). The molecule has 1 unspecified atom stereocenters. The molecule has 32 heavy (non-hydrogen) atoms.